The van der Waals surface area contributed by atoms with E-state index in [1.165, 1.54) is 16.7 Å². The molecule has 65 heavy (non-hydrogen) atoms. The Bertz CT molecular complexity index is 2860. The van der Waals surface area contributed by atoms with E-state index in [1.807, 2.05) is 6.07 Å². The zero-order valence-electron chi connectivity index (χ0n) is 39.0. The van der Waals surface area contributed by atoms with Crippen molar-refractivity contribution in [2.45, 2.75) is 84.7 Å². The van der Waals surface area contributed by atoms with Crippen LogP contribution in [0, 0.1) is 6.07 Å². The molecule has 0 fully saturated rings. The van der Waals surface area contributed by atoms with Crippen molar-refractivity contribution in [3.63, 3.8) is 0 Å². The first-order chi connectivity index (χ1) is 30.6. The molecule has 5 heteroatoms. The van der Waals surface area contributed by atoms with E-state index in [9.17, 15) is 5.11 Å². The van der Waals surface area contributed by atoms with E-state index in [-0.39, 0.29) is 43.1 Å². The van der Waals surface area contributed by atoms with Gasteiger partial charge in [-0.3, -0.25) is 0 Å². The Morgan fingerprint density at radius 3 is 1.62 bits per heavy atom. The number of nitrogens with zero attached hydrogens (tertiary/aromatic N) is 3. The molecule has 2 aliphatic heterocycles. The molecule has 1 atom stereocenters. The van der Waals surface area contributed by atoms with Crippen LogP contribution in [-0.4, -0.2) is 11.7 Å². The molecular weight excluding hydrogens is 974 g/mol. The van der Waals surface area contributed by atoms with Gasteiger partial charge in [-0.1, -0.05) is 213 Å². The van der Waals surface area contributed by atoms with Gasteiger partial charge in [0, 0.05) is 37.9 Å². The molecule has 1 unspecified atom stereocenters. The molecule has 0 saturated carbocycles. The van der Waals surface area contributed by atoms with E-state index < -0.39 is 6.17 Å². The van der Waals surface area contributed by atoms with Crippen molar-refractivity contribution in [2.75, 3.05) is 11.4 Å². The van der Waals surface area contributed by atoms with Gasteiger partial charge in [-0.05, 0) is 61.9 Å². The third-order valence-electron chi connectivity index (χ3n) is 12.6. The zero-order valence-corrected chi connectivity index (χ0v) is 41.3. The molecule has 2 aliphatic rings. The van der Waals surface area contributed by atoms with Crippen LogP contribution in [0.2, 0.25) is 0 Å². The quantitative estimate of drug-likeness (QED) is 0.162. The average Bonchev–Trinajstić information content (AvgIpc) is 3.68. The first-order valence-electron chi connectivity index (χ1n) is 22.5. The van der Waals surface area contributed by atoms with Crippen LogP contribution in [0.15, 0.2) is 164 Å². The van der Waals surface area contributed by atoms with E-state index in [0.717, 1.165) is 78.4 Å². The number of aromatic hydroxyl groups is 1. The van der Waals surface area contributed by atoms with E-state index in [1.54, 1.807) is 0 Å². The van der Waals surface area contributed by atoms with Gasteiger partial charge in [0.05, 0.1) is 5.69 Å². The summed E-state index contributed by atoms with van der Waals surface area (Å²) in [7, 11) is 0. The number of hydrogen-bond acceptors (Lipinski definition) is 2. The van der Waals surface area contributed by atoms with Gasteiger partial charge in [0.2, 0.25) is 0 Å². The summed E-state index contributed by atoms with van der Waals surface area (Å²) in [5.74, 6) is 0.282. The van der Waals surface area contributed by atoms with Crippen LogP contribution in [0.1, 0.15) is 102 Å². The fourth-order valence-corrected chi connectivity index (χ4v) is 8.96. The van der Waals surface area contributed by atoms with Gasteiger partial charge in [-0.25, -0.2) is 5.70 Å². The summed E-state index contributed by atoms with van der Waals surface area (Å²) in [6, 6.07) is 57.6. The summed E-state index contributed by atoms with van der Waals surface area (Å²) in [6.07, 6.45) is 3.73. The predicted octanol–water partition coefficient (Wildman–Crippen LogP) is 16.8. The van der Waals surface area contributed by atoms with Gasteiger partial charge in [0.25, 0.3) is 0 Å². The molecule has 0 radical (unpaired) electrons. The van der Waals surface area contributed by atoms with Crippen LogP contribution < -0.4 is 4.90 Å². The smallest absolute Gasteiger partial charge is 0.123 e. The molecule has 0 saturated heterocycles. The fraction of sp³-hybridized carbons (Fsp3) is 0.233. The van der Waals surface area contributed by atoms with Crippen LogP contribution in [0.5, 0.6) is 5.75 Å². The molecule has 4 nitrogen and oxygen atoms in total. The summed E-state index contributed by atoms with van der Waals surface area (Å²) < 4.78 is 0. The fourth-order valence-electron chi connectivity index (χ4n) is 8.96. The number of anilines is 2. The third-order valence-corrected chi connectivity index (χ3v) is 12.6. The van der Waals surface area contributed by atoms with Crippen molar-refractivity contribution in [1.82, 2.24) is 0 Å². The van der Waals surface area contributed by atoms with Gasteiger partial charge in [-0.15, -0.1) is 53.2 Å². The summed E-state index contributed by atoms with van der Waals surface area (Å²) in [5, 5.41) is 23.6. The molecule has 0 aliphatic carbocycles. The van der Waals surface area contributed by atoms with E-state index >= 15 is 0 Å². The Hall–Kier alpha value is -6.09. The minimum atomic E-state index is -0.602. The van der Waals surface area contributed by atoms with Crippen LogP contribution in [0.25, 0.3) is 55.3 Å². The number of allylic oxidation sites excluding steroid dienone is 2. The van der Waals surface area contributed by atoms with Crippen molar-refractivity contribution >= 4 is 28.3 Å². The average molecular weight is 1030 g/mol. The Kier molecular flexibility index (Phi) is 12.4. The maximum absolute atomic E-state index is 12.7. The van der Waals surface area contributed by atoms with E-state index in [2.05, 4.69) is 231 Å². The first-order valence-corrected chi connectivity index (χ1v) is 22.5. The van der Waals surface area contributed by atoms with Crippen LogP contribution >= 0.6 is 0 Å². The number of para-hydroxylation sites is 2. The van der Waals surface area contributed by atoms with Crippen LogP contribution in [0.4, 0.5) is 17.1 Å². The maximum atomic E-state index is 12.7. The molecule has 0 amide bonds. The molecule has 7 aromatic carbocycles. The minimum Gasteiger partial charge on any atom is -0.715 e. The normalized spacial score (nSPS) is 15.0. The first kappa shape index (κ1) is 45.5. The SMILES string of the molecule is CC(C)(C)c1cc(C2=CC=C(c3ccccc3)C[N-]2)[c-]c(-c2cccc3c2[N-]C(c2cc(C(C)(C)C)cc(C(C)(C)C)c2O)N3c2c(-c3ccccc3)cccc2-c2ccccc2)c1.[Pt]. The number of hydrogen-bond donors (Lipinski definition) is 1. The number of phenolic OH excluding ortho intramolecular Hbond substituents is 1. The molecular formula is C60H58N3OPt-3. The monoisotopic (exact) mass is 1030 g/mol. The number of fused-ring (bicyclic) bond motifs is 1. The molecule has 332 valence electrons. The molecule has 2 heterocycles. The molecule has 0 aromatic heterocycles. The Labute approximate surface area is 401 Å². The van der Waals surface area contributed by atoms with Crippen molar-refractivity contribution in [1.29, 1.82) is 0 Å². The second-order valence-electron chi connectivity index (χ2n) is 20.3. The Morgan fingerprint density at radius 1 is 0.554 bits per heavy atom. The van der Waals surface area contributed by atoms with Crippen LogP contribution in [-0.2, 0) is 37.3 Å². The molecule has 0 bridgehead atoms. The topological polar surface area (TPSA) is 51.7 Å². The summed E-state index contributed by atoms with van der Waals surface area (Å²) in [5.41, 5.74) is 16.8. The number of rotatable bonds is 7. The maximum Gasteiger partial charge on any atom is 0.123 e. The second-order valence-corrected chi connectivity index (χ2v) is 20.3. The van der Waals surface area contributed by atoms with Gasteiger partial charge < -0.3 is 20.6 Å². The van der Waals surface area contributed by atoms with Gasteiger partial charge in [0.15, 0.2) is 0 Å². The van der Waals surface area contributed by atoms with Crippen molar-refractivity contribution in [3.8, 4) is 39.1 Å². The van der Waals surface area contributed by atoms with E-state index in [4.69, 9.17) is 10.6 Å². The van der Waals surface area contributed by atoms with Crippen LogP contribution in [0.3, 0.4) is 0 Å². The Balaban J connectivity index is 0.00000576. The predicted molar refractivity (Wildman–Crippen MR) is 271 cm³/mol. The second kappa shape index (κ2) is 17.7. The largest absolute Gasteiger partial charge is 0.715 e. The molecule has 9 rings (SSSR count). The van der Waals surface area contributed by atoms with Crippen molar-refractivity contribution < 1.29 is 26.2 Å². The minimum absolute atomic E-state index is 0. The summed E-state index contributed by atoms with van der Waals surface area (Å²) in [4.78, 5) is 2.39. The van der Waals surface area contributed by atoms with Crippen molar-refractivity contribution in [3.05, 3.63) is 214 Å². The molecule has 0 spiro atoms. The van der Waals surface area contributed by atoms with Crippen molar-refractivity contribution in [2.24, 2.45) is 0 Å². The summed E-state index contributed by atoms with van der Waals surface area (Å²) in [6.45, 7) is 20.6. The molecule has 7 aromatic rings. The standard InChI is InChI=1S/C60H58N3O.Pt/c1-58(2,3)45-34-43(33-44(35-45)52-32-31-42(38-61-52)39-21-13-10-14-22-39)47-27-20-30-53-54(47)62-57(50-36-46(59(4,5)6)37-51(56(50)64)60(7,8)9)63(53)55-48(40-23-15-11-16-24-40)28-19-29-49(55)41-25-17-12-18-26-41;/h10-32,34-37,57,64H,38H2,1-9H3;/q-3;. The number of phenols is 1. The number of benzene rings is 7. The third kappa shape index (κ3) is 8.99. The Morgan fingerprint density at radius 2 is 1.08 bits per heavy atom. The van der Waals surface area contributed by atoms with Gasteiger partial charge in [-0.2, -0.15) is 0 Å². The van der Waals surface area contributed by atoms with Gasteiger partial charge in [0.1, 0.15) is 5.75 Å². The summed E-state index contributed by atoms with van der Waals surface area (Å²) >= 11 is 0. The zero-order chi connectivity index (χ0) is 45.0. The van der Waals surface area contributed by atoms with E-state index in [0.29, 0.717) is 6.54 Å². The van der Waals surface area contributed by atoms with Gasteiger partial charge >= 0.3 is 0 Å². The molecule has 1 N–H and O–H groups in total.